The lowest BCUT2D eigenvalue weighted by Crippen LogP contribution is -2.25. The Hall–Kier alpha value is -1.39. The fourth-order valence-electron chi connectivity index (χ4n) is 3.47. The fourth-order valence-corrected chi connectivity index (χ4v) is 3.47. The van der Waals surface area contributed by atoms with E-state index in [-0.39, 0.29) is 11.8 Å². The van der Waals surface area contributed by atoms with Crippen LogP contribution in [0.1, 0.15) is 74.9 Å². The third-order valence-corrected chi connectivity index (χ3v) is 4.58. The minimum Gasteiger partial charge on any atom is -0.481 e. The molecule has 0 aromatic carbocycles. The Morgan fingerprint density at radius 1 is 1.11 bits per heavy atom. The first-order valence-electron chi connectivity index (χ1n) is 7.32. The molecule has 1 heterocycles. The van der Waals surface area contributed by atoms with Crippen LogP contribution in [0.3, 0.4) is 0 Å². The first kappa shape index (κ1) is 12.6. The van der Waals surface area contributed by atoms with Crippen molar-refractivity contribution in [2.75, 3.05) is 0 Å². The predicted octanol–water partition coefficient (Wildman–Crippen LogP) is 3.09. The molecule has 3 rings (SSSR count). The van der Waals surface area contributed by atoms with Gasteiger partial charge >= 0.3 is 5.97 Å². The number of carboxylic acid groups (broad SMARTS) is 1. The van der Waals surface area contributed by atoms with Crippen LogP contribution in [0, 0.1) is 5.92 Å². The smallest absolute Gasteiger partial charge is 0.307 e. The van der Waals surface area contributed by atoms with Crippen LogP contribution in [0.4, 0.5) is 0 Å². The SMILES string of the molecule is O=C(O)C1CCCCC1c1nc(C2CCCC2)no1. The summed E-state index contributed by atoms with van der Waals surface area (Å²) in [5.41, 5.74) is 0. The summed E-state index contributed by atoms with van der Waals surface area (Å²) in [6.07, 6.45) is 8.33. The van der Waals surface area contributed by atoms with E-state index in [0.29, 0.717) is 11.8 Å². The Morgan fingerprint density at radius 3 is 2.53 bits per heavy atom. The highest BCUT2D eigenvalue weighted by Gasteiger charge is 2.36. The zero-order valence-corrected chi connectivity index (χ0v) is 11.0. The lowest BCUT2D eigenvalue weighted by molar-refractivity contribution is -0.143. The van der Waals surface area contributed by atoms with Gasteiger partial charge in [0.2, 0.25) is 5.89 Å². The van der Waals surface area contributed by atoms with Crippen molar-refractivity contribution in [3.63, 3.8) is 0 Å². The number of aliphatic carboxylic acids is 1. The van der Waals surface area contributed by atoms with E-state index in [0.717, 1.165) is 44.3 Å². The normalized spacial score (nSPS) is 28.6. The molecule has 0 aliphatic heterocycles. The van der Waals surface area contributed by atoms with E-state index in [1.165, 1.54) is 12.8 Å². The van der Waals surface area contributed by atoms with Gasteiger partial charge in [-0.2, -0.15) is 4.98 Å². The number of carboxylic acids is 1. The van der Waals surface area contributed by atoms with Gasteiger partial charge in [-0.15, -0.1) is 0 Å². The Bertz CT molecular complexity index is 451. The lowest BCUT2D eigenvalue weighted by atomic mass is 9.79. The third-order valence-electron chi connectivity index (χ3n) is 4.58. The molecule has 0 spiro atoms. The van der Waals surface area contributed by atoms with Gasteiger partial charge in [-0.3, -0.25) is 4.79 Å². The van der Waals surface area contributed by atoms with Crippen molar-refractivity contribution < 1.29 is 14.4 Å². The molecular formula is C14H20N2O3. The van der Waals surface area contributed by atoms with Crippen LogP contribution in [0.15, 0.2) is 4.52 Å². The highest BCUT2D eigenvalue weighted by Crippen LogP contribution is 2.39. The monoisotopic (exact) mass is 264 g/mol. The summed E-state index contributed by atoms with van der Waals surface area (Å²) in [6.45, 7) is 0. The molecule has 2 fully saturated rings. The average molecular weight is 264 g/mol. The maximum Gasteiger partial charge on any atom is 0.307 e. The van der Waals surface area contributed by atoms with Crippen molar-refractivity contribution in [1.29, 1.82) is 0 Å². The number of aromatic nitrogens is 2. The maximum absolute atomic E-state index is 11.3. The second-order valence-electron chi connectivity index (χ2n) is 5.81. The second-order valence-corrected chi connectivity index (χ2v) is 5.81. The van der Waals surface area contributed by atoms with E-state index in [1.54, 1.807) is 0 Å². The summed E-state index contributed by atoms with van der Waals surface area (Å²) in [4.78, 5) is 15.8. The van der Waals surface area contributed by atoms with Gasteiger partial charge in [0.25, 0.3) is 0 Å². The van der Waals surface area contributed by atoms with Crippen LogP contribution in [-0.4, -0.2) is 21.2 Å². The van der Waals surface area contributed by atoms with Crippen molar-refractivity contribution in [1.82, 2.24) is 10.1 Å². The Morgan fingerprint density at radius 2 is 1.79 bits per heavy atom. The molecular weight excluding hydrogens is 244 g/mol. The van der Waals surface area contributed by atoms with E-state index in [1.807, 2.05) is 0 Å². The van der Waals surface area contributed by atoms with Gasteiger partial charge in [0.1, 0.15) is 0 Å². The number of nitrogens with zero attached hydrogens (tertiary/aromatic N) is 2. The summed E-state index contributed by atoms with van der Waals surface area (Å²) >= 11 is 0. The largest absolute Gasteiger partial charge is 0.481 e. The quantitative estimate of drug-likeness (QED) is 0.907. The van der Waals surface area contributed by atoms with E-state index >= 15 is 0 Å². The zero-order chi connectivity index (χ0) is 13.2. The molecule has 1 aromatic heterocycles. The highest BCUT2D eigenvalue weighted by atomic mass is 16.5. The summed E-state index contributed by atoms with van der Waals surface area (Å²) in [5, 5.41) is 13.4. The second kappa shape index (κ2) is 5.31. The predicted molar refractivity (Wildman–Crippen MR) is 67.8 cm³/mol. The molecule has 2 atom stereocenters. The van der Waals surface area contributed by atoms with Gasteiger partial charge in [-0.1, -0.05) is 30.8 Å². The molecule has 2 unspecified atom stereocenters. The molecule has 2 saturated carbocycles. The molecule has 2 aliphatic rings. The summed E-state index contributed by atoms with van der Waals surface area (Å²) in [6, 6.07) is 0. The van der Waals surface area contributed by atoms with Crippen LogP contribution in [0.25, 0.3) is 0 Å². The molecule has 1 aromatic rings. The molecule has 0 radical (unpaired) electrons. The van der Waals surface area contributed by atoms with Crippen molar-refractivity contribution >= 4 is 5.97 Å². The molecule has 0 saturated heterocycles. The van der Waals surface area contributed by atoms with Gasteiger partial charge in [0.05, 0.1) is 11.8 Å². The Kier molecular flexibility index (Phi) is 3.53. The first-order valence-corrected chi connectivity index (χ1v) is 7.32. The molecule has 5 nitrogen and oxygen atoms in total. The van der Waals surface area contributed by atoms with E-state index < -0.39 is 5.97 Å². The summed E-state index contributed by atoms with van der Waals surface area (Å²) < 4.78 is 5.37. The molecule has 19 heavy (non-hydrogen) atoms. The minimum absolute atomic E-state index is 0.0890. The van der Waals surface area contributed by atoms with Gasteiger partial charge in [-0.05, 0) is 25.7 Å². The molecule has 2 aliphatic carbocycles. The van der Waals surface area contributed by atoms with Gasteiger partial charge in [0, 0.05) is 5.92 Å². The molecule has 5 heteroatoms. The first-order chi connectivity index (χ1) is 9.25. The zero-order valence-electron chi connectivity index (χ0n) is 11.0. The van der Waals surface area contributed by atoms with E-state index in [4.69, 9.17) is 4.52 Å². The van der Waals surface area contributed by atoms with Crippen LogP contribution < -0.4 is 0 Å². The lowest BCUT2D eigenvalue weighted by Gasteiger charge is -2.25. The Labute approximate surface area is 112 Å². The van der Waals surface area contributed by atoms with E-state index in [9.17, 15) is 9.90 Å². The average Bonchev–Trinajstić information content (AvgIpc) is 3.09. The topological polar surface area (TPSA) is 76.2 Å². The Balaban J connectivity index is 1.78. The molecule has 104 valence electrons. The minimum atomic E-state index is -0.731. The third kappa shape index (κ3) is 2.51. The fraction of sp³-hybridized carbons (Fsp3) is 0.786. The number of rotatable bonds is 3. The van der Waals surface area contributed by atoms with Crippen LogP contribution in [0.5, 0.6) is 0 Å². The standard InChI is InChI=1S/C14H20N2O3/c17-14(18)11-8-4-3-7-10(11)13-15-12(16-19-13)9-5-1-2-6-9/h9-11H,1-8H2,(H,17,18). The highest BCUT2D eigenvalue weighted by molar-refractivity contribution is 5.71. The number of hydrogen-bond acceptors (Lipinski definition) is 4. The van der Waals surface area contributed by atoms with E-state index in [2.05, 4.69) is 10.1 Å². The van der Waals surface area contributed by atoms with Crippen molar-refractivity contribution in [2.45, 2.75) is 63.2 Å². The van der Waals surface area contributed by atoms with Crippen molar-refractivity contribution in [3.8, 4) is 0 Å². The van der Waals surface area contributed by atoms with Crippen LogP contribution in [0.2, 0.25) is 0 Å². The van der Waals surface area contributed by atoms with Crippen LogP contribution >= 0.6 is 0 Å². The molecule has 0 amide bonds. The van der Waals surface area contributed by atoms with Gasteiger partial charge in [0.15, 0.2) is 5.82 Å². The molecule has 1 N–H and O–H groups in total. The maximum atomic E-state index is 11.3. The molecule has 0 bridgehead atoms. The number of carbonyl (C=O) groups is 1. The van der Waals surface area contributed by atoms with Gasteiger partial charge in [-0.25, -0.2) is 0 Å². The summed E-state index contributed by atoms with van der Waals surface area (Å²) in [5.74, 6) is 0.588. The van der Waals surface area contributed by atoms with Crippen molar-refractivity contribution in [3.05, 3.63) is 11.7 Å². The van der Waals surface area contributed by atoms with Crippen molar-refractivity contribution in [2.24, 2.45) is 5.92 Å². The van der Waals surface area contributed by atoms with Gasteiger partial charge < -0.3 is 9.63 Å². The summed E-state index contributed by atoms with van der Waals surface area (Å²) in [7, 11) is 0. The van der Waals surface area contributed by atoms with Crippen LogP contribution in [-0.2, 0) is 4.79 Å². The number of hydrogen-bond donors (Lipinski definition) is 1.